The summed E-state index contributed by atoms with van der Waals surface area (Å²) >= 11 is 0. The van der Waals surface area contributed by atoms with Gasteiger partial charge in [0.1, 0.15) is 18.2 Å². The van der Waals surface area contributed by atoms with Crippen LogP contribution >= 0.6 is 0 Å². The minimum atomic E-state index is -0.392. The lowest BCUT2D eigenvalue weighted by Crippen LogP contribution is -2.32. The normalized spacial score (nSPS) is 17.0. The van der Waals surface area contributed by atoms with Crippen molar-refractivity contribution in [1.29, 1.82) is 0 Å². The van der Waals surface area contributed by atoms with Crippen LogP contribution in [0.1, 0.15) is 47.3 Å². The third-order valence-corrected chi connectivity index (χ3v) is 8.35. The summed E-state index contributed by atoms with van der Waals surface area (Å²) in [7, 11) is 0. The molecule has 0 saturated carbocycles. The van der Waals surface area contributed by atoms with E-state index in [1.54, 1.807) is 12.4 Å². The molecule has 2 aliphatic rings. The number of aldehydes is 1. The first-order chi connectivity index (χ1) is 20.7. The summed E-state index contributed by atoms with van der Waals surface area (Å²) in [6.07, 6.45) is 12.5. The van der Waals surface area contributed by atoms with Crippen molar-refractivity contribution in [2.24, 2.45) is 0 Å². The Bertz CT molecular complexity index is 1700. The maximum atomic E-state index is 11.7. The molecule has 3 aromatic heterocycles. The number of nitrogens with one attached hydrogen (secondary N) is 2. The van der Waals surface area contributed by atoms with Crippen LogP contribution in [0.4, 0.5) is 0 Å². The summed E-state index contributed by atoms with van der Waals surface area (Å²) in [4.78, 5) is 31.7. The van der Waals surface area contributed by atoms with Gasteiger partial charge in [-0.15, -0.1) is 0 Å². The molecule has 1 fully saturated rings. The molecule has 208 valence electrons. The van der Waals surface area contributed by atoms with Crippen molar-refractivity contribution in [3.63, 3.8) is 0 Å². The van der Waals surface area contributed by atoms with Gasteiger partial charge < -0.3 is 15.1 Å². The molecule has 1 unspecified atom stereocenters. The van der Waals surface area contributed by atoms with E-state index < -0.39 is 6.04 Å². The Morgan fingerprint density at radius 2 is 1.71 bits per heavy atom. The fourth-order valence-corrected chi connectivity index (χ4v) is 6.04. The van der Waals surface area contributed by atoms with Crippen molar-refractivity contribution in [2.75, 3.05) is 13.1 Å². The number of aromatic amines is 1. The van der Waals surface area contributed by atoms with E-state index in [4.69, 9.17) is 4.98 Å². The summed E-state index contributed by atoms with van der Waals surface area (Å²) in [6, 6.07) is 24.8. The van der Waals surface area contributed by atoms with E-state index in [1.807, 2.05) is 48.8 Å². The lowest BCUT2D eigenvalue weighted by Gasteiger charge is -2.31. The van der Waals surface area contributed by atoms with Crippen LogP contribution in [0, 0.1) is 0 Å². The zero-order chi connectivity index (χ0) is 28.3. The zero-order valence-electron chi connectivity index (χ0n) is 23.3. The van der Waals surface area contributed by atoms with Crippen LogP contribution in [0.15, 0.2) is 97.6 Å². The minimum Gasteiger partial charge on any atom is -0.378 e. The number of benzene rings is 2. The van der Waals surface area contributed by atoms with Crippen LogP contribution < -0.4 is 5.32 Å². The van der Waals surface area contributed by atoms with Gasteiger partial charge in [0.2, 0.25) is 0 Å². The summed E-state index contributed by atoms with van der Waals surface area (Å²) in [5.74, 6) is 1.39. The summed E-state index contributed by atoms with van der Waals surface area (Å²) in [5.41, 5.74) is 9.36. The Morgan fingerprint density at radius 3 is 2.48 bits per heavy atom. The van der Waals surface area contributed by atoms with Gasteiger partial charge in [0.05, 0.1) is 11.4 Å². The fourth-order valence-electron chi connectivity index (χ4n) is 6.04. The second-order valence-electron chi connectivity index (χ2n) is 11.0. The molecule has 0 bridgehead atoms. The molecule has 0 spiro atoms. The number of fused-ring (bicyclic) bond motifs is 1. The highest BCUT2D eigenvalue weighted by molar-refractivity contribution is 5.84. The Labute approximate surface area is 245 Å². The Morgan fingerprint density at radius 1 is 0.905 bits per heavy atom. The molecule has 2 aromatic carbocycles. The van der Waals surface area contributed by atoms with Gasteiger partial charge in [0, 0.05) is 59.0 Å². The van der Waals surface area contributed by atoms with Crippen LogP contribution in [0.25, 0.3) is 39.8 Å². The molecule has 1 atom stereocenters. The molecule has 2 aliphatic heterocycles. The highest BCUT2D eigenvalue weighted by Crippen LogP contribution is 2.36. The van der Waals surface area contributed by atoms with Crippen molar-refractivity contribution in [2.45, 2.75) is 31.3 Å². The third-order valence-electron chi connectivity index (χ3n) is 8.35. The molecule has 0 aliphatic carbocycles. The molecule has 2 N–H and O–H groups in total. The minimum absolute atomic E-state index is 0.392. The van der Waals surface area contributed by atoms with E-state index in [-0.39, 0.29) is 0 Å². The zero-order valence-corrected chi connectivity index (χ0v) is 23.3. The highest BCUT2D eigenvalue weighted by Gasteiger charge is 2.24. The molecule has 5 aromatic rings. The number of aromatic nitrogens is 4. The van der Waals surface area contributed by atoms with Gasteiger partial charge in [0.15, 0.2) is 0 Å². The van der Waals surface area contributed by atoms with Gasteiger partial charge in [-0.25, -0.2) is 9.97 Å². The number of pyridine rings is 2. The van der Waals surface area contributed by atoms with Crippen LogP contribution in [0.3, 0.4) is 0 Å². The van der Waals surface area contributed by atoms with Crippen molar-refractivity contribution in [3.05, 3.63) is 120 Å². The second kappa shape index (κ2) is 11.5. The molecular formula is C35H32N6O. The summed E-state index contributed by atoms with van der Waals surface area (Å²) < 4.78 is 0. The molecule has 42 heavy (non-hydrogen) atoms. The number of carbonyl (C=O) groups excluding carboxylic acids is 1. The maximum absolute atomic E-state index is 11.7. The number of nitrogens with zero attached hydrogens (tertiary/aromatic N) is 4. The van der Waals surface area contributed by atoms with Crippen LogP contribution in [0.5, 0.6) is 0 Å². The van der Waals surface area contributed by atoms with Crippen molar-refractivity contribution < 1.29 is 4.79 Å². The molecule has 7 nitrogen and oxygen atoms in total. The van der Waals surface area contributed by atoms with E-state index in [2.05, 4.69) is 67.6 Å². The quantitative estimate of drug-likeness (QED) is 0.228. The molecule has 7 heteroatoms. The average Bonchev–Trinajstić information content (AvgIpc) is 3.56. The highest BCUT2D eigenvalue weighted by atomic mass is 16.1. The van der Waals surface area contributed by atoms with Gasteiger partial charge in [-0.2, -0.15) is 0 Å². The number of hydrogen-bond acceptors (Lipinski definition) is 6. The van der Waals surface area contributed by atoms with Gasteiger partial charge in [-0.1, -0.05) is 54.6 Å². The Kier molecular flexibility index (Phi) is 7.16. The van der Waals surface area contributed by atoms with E-state index in [9.17, 15) is 4.79 Å². The van der Waals surface area contributed by atoms with Gasteiger partial charge >= 0.3 is 0 Å². The average molecular weight is 553 g/mol. The summed E-state index contributed by atoms with van der Waals surface area (Å²) in [6.45, 7) is 3.03. The Hall–Kier alpha value is -4.88. The smallest absolute Gasteiger partial charge is 0.146 e. The number of rotatable bonds is 7. The number of piperidine rings is 1. The molecule has 5 heterocycles. The van der Waals surface area contributed by atoms with Crippen LogP contribution in [-0.2, 0) is 11.3 Å². The first-order valence-corrected chi connectivity index (χ1v) is 14.5. The van der Waals surface area contributed by atoms with E-state index >= 15 is 0 Å². The molecule has 0 amide bonds. The monoisotopic (exact) mass is 552 g/mol. The van der Waals surface area contributed by atoms with Crippen molar-refractivity contribution in [1.82, 2.24) is 30.2 Å². The molecule has 1 saturated heterocycles. The second-order valence-corrected chi connectivity index (χ2v) is 11.0. The van der Waals surface area contributed by atoms with Gasteiger partial charge in [-0.05, 0) is 67.5 Å². The summed E-state index contributed by atoms with van der Waals surface area (Å²) in [5, 5.41) is 3.13. The number of H-pyrrole nitrogens is 1. The number of imidazole rings is 1. The number of carbonyl (C=O) groups is 1. The molecular weight excluding hydrogens is 520 g/mol. The maximum Gasteiger partial charge on any atom is 0.146 e. The fraction of sp³-hybridized carbons (Fsp3) is 0.200. The van der Waals surface area contributed by atoms with Gasteiger partial charge in [-0.3, -0.25) is 9.88 Å². The van der Waals surface area contributed by atoms with Crippen LogP contribution in [0.2, 0.25) is 0 Å². The lowest BCUT2D eigenvalue weighted by molar-refractivity contribution is -0.109. The van der Waals surface area contributed by atoms with E-state index in [0.29, 0.717) is 5.92 Å². The first-order valence-electron chi connectivity index (χ1n) is 14.5. The lowest BCUT2D eigenvalue weighted by atomic mass is 9.92. The molecule has 0 radical (unpaired) electrons. The SMILES string of the molecule is O=CC1NC=Cc2nc(-c3ccc(CN4CCC(c5cnc(-c6cccnc6)[nH]5)CC4)cc3)c(-c3ccccc3)cc21. The molecule has 7 rings (SSSR count). The van der Waals surface area contributed by atoms with Crippen molar-refractivity contribution >= 4 is 12.4 Å². The topological polar surface area (TPSA) is 86.8 Å². The number of hydrogen-bond donors (Lipinski definition) is 2. The van der Waals surface area contributed by atoms with Crippen molar-refractivity contribution in [3.8, 4) is 33.8 Å². The van der Waals surface area contributed by atoms with Gasteiger partial charge in [0.25, 0.3) is 0 Å². The van der Waals surface area contributed by atoms with E-state index in [1.165, 1.54) is 11.3 Å². The van der Waals surface area contributed by atoms with Crippen LogP contribution in [-0.4, -0.2) is 44.2 Å². The predicted octanol–water partition coefficient (Wildman–Crippen LogP) is 6.39. The predicted molar refractivity (Wildman–Crippen MR) is 165 cm³/mol. The van der Waals surface area contributed by atoms with E-state index in [0.717, 1.165) is 83.8 Å². The standard InChI is InChI=1S/C35H32N6O/c42-23-33-30-19-29(25-5-2-1-3-6-25)34(39-31(30)12-16-37-33)27-10-8-24(9-11-27)22-41-17-13-26(14-18-41)32-21-38-35(40-32)28-7-4-15-36-20-28/h1-12,15-16,19-21,23,26,33,37H,13-14,17-18,22H2,(H,38,40). The Balaban J connectivity index is 1.06. The third kappa shape index (κ3) is 5.27. The first kappa shape index (κ1) is 26.0. The largest absolute Gasteiger partial charge is 0.378 e. The number of likely N-dealkylation sites (tertiary alicyclic amines) is 1.